The van der Waals surface area contributed by atoms with Gasteiger partial charge in [-0.2, -0.15) is 18.3 Å². The predicted molar refractivity (Wildman–Crippen MR) is 80.1 cm³/mol. The second kappa shape index (κ2) is 7.38. The molecule has 10 heteroatoms. The third-order valence-corrected chi connectivity index (χ3v) is 4.31. The van der Waals surface area contributed by atoms with Crippen LogP contribution in [0.5, 0.6) is 5.88 Å². The first kappa shape index (κ1) is 18.5. The molecular formula is C14H16F3N2O4P. The second-order valence-corrected chi connectivity index (χ2v) is 6.08. The van der Waals surface area contributed by atoms with Gasteiger partial charge < -0.3 is 4.52 Å². The van der Waals surface area contributed by atoms with Crippen molar-refractivity contribution in [3.05, 3.63) is 42.1 Å². The molecule has 0 aliphatic heterocycles. The second-order valence-electron chi connectivity index (χ2n) is 4.49. The van der Waals surface area contributed by atoms with Gasteiger partial charge in [-0.1, -0.05) is 18.2 Å². The van der Waals surface area contributed by atoms with Gasteiger partial charge in [0.2, 0.25) is 5.88 Å². The van der Waals surface area contributed by atoms with Gasteiger partial charge in [0.15, 0.2) is 5.69 Å². The van der Waals surface area contributed by atoms with Crippen molar-refractivity contribution in [1.82, 2.24) is 9.78 Å². The fraction of sp³-hybridized carbons (Fsp3) is 0.357. The van der Waals surface area contributed by atoms with E-state index in [1.807, 2.05) is 0 Å². The molecule has 1 aromatic heterocycles. The van der Waals surface area contributed by atoms with E-state index in [9.17, 15) is 17.7 Å². The van der Waals surface area contributed by atoms with Gasteiger partial charge in [-0.15, -0.1) is 0 Å². The fourth-order valence-electron chi connectivity index (χ4n) is 1.84. The Labute approximate surface area is 136 Å². The summed E-state index contributed by atoms with van der Waals surface area (Å²) in [4.78, 5) is 0. The molecule has 0 aliphatic rings. The van der Waals surface area contributed by atoms with Crippen LogP contribution in [0.4, 0.5) is 13.2 Å². The van der Waals surface area contributed by atoms with Crippen LogP contribution in [0.1, 0.15) is 19.5 Å². The quantitative estimate of drug-likeness (QED) is 0.679. The highest BCUT2D eigenvalue weighted by Gasteiger charge is 2.37. The molecule has 0 N–H and O–H groups in total. The number of phosphoric acid groups is 1. The van der Waals surface area contributed by atoms with Crippen LogP contribution in [0.25, 0.3) is 5.69 Å². The highest BCUT2D eigenvalue weighted by atomic mass is 31.2. The number of alkyl halides is 3. The molecule has 1 aromatic carbocycles. The maximum Gasteiger partial charge on any atom is 0.531 e. The van der Waals surface area contributed by atoms with E-state index in [2.05, 4.69) is 5.10 Å². The molecule has 0 spiro atoms. The molecule has 6 nitrogen and oxygen atoms in total. The van der Waals surface area contributed by atoms with Crippen LogP contribution in [0.2, 0.25) is 0 Å². The first-order valence-corrected chi connectivity index (χ1v) is 8.56. The summed E-state index contributed by atoms with van der Waals surface area (Å²) in [7, 11) is -4.06. The van der Waals surface area contributed by atoms with Crippen molar-refractivity contribution in [3.63, 3.8) is 0 Å². The van der Waals surface area contributed by atoms with Crippen molar-refractivity contribution in [2.24, 2.45) is 0 Å². The van der Waals surface area contributed by atoms with Crippen molar-refractivity contribution in [1.29, 1.82) is 0 Å². The summed E-state index contributed by atoms with van der Waals surface area (Å²) in [5.74, 6) is -0.390. The van der Waals surface area contributed by atoms with Gasteiger partial charge in [0, 0.05) is 6.07 Å². The van der Waals surface area contributed by atoms with Gasteiger partial charge in [-0.25, -0.2) is 9.25 Å². The number of benzene rings is 1. The van der Waals surface area contributed by atoms with Gasteiger partial charge in [-0.05, 0) is 26.0 Å². The lowest BCUT2D eigenvalue weighted by Crippen LogP contribution is -2.08. The van der Waals surface area contributed by atoms with E-state index in [1.165, 1.54) is 12.1 Å². The first-order chi connectivity index (χ1) is 11.3. The van der Waals surface area contributed by atoms with Gasteiger partial charge in [0.05, 0.1) is 18.9 Å². The normalized spacial score (nSPS) is 12.4. The van der Waals surface area contributed by atoms with Crippen LogP contribution < -0.4 is 4.52 Å². The van der Waals surface area contributed by atoms with Crippen LogP contribution in [0, 0.1) is 0 Å². The minimum atomic E-state index is -4.68. The third-order valence-electron chi connectivity index (χ3n) is 2.75. The molecule has 0 fully saturated rings. The van der Waals surface area contributed by atoms with E-state index in [0.29, 0.717) is 11.8 Å². The number of rotatable bonds is 7. The average Bonchev–Trinajstić information content (AvgIpc) is 2.92. The maximum absolute atomic E-state index is 13.0. The number of aromatic nitrogens is 2. The lowest BCUT2D eigenvalue weighted by Gasteiger charge is -2.17. The van der Waals surface area contributed by atoms with Gasteiger partial charge in [0.1, 0.15) is 0 Å². The summed E-state index contributed by atoms with van der Waals surface area (Å²) < 4.78 is 67.3. The number of phosphoric ester groups is 1. The summed E-state index contributed by atoms with van der Waals surface area (Å²) in [5, 5.41) is 3.49. The lowest BCUT2D eigenvalue weighted by molar-refractivity contribution is -0.141. The van der Waals surface area contributed by atoms with Crippen molar-refractivity contribution in [3.8, 4) is 11.6 Å². The SMILES string of the molecule is CCOP(=O)(OCC)Oc1cc(C(F)(F)F)nn1-c1ccccc1. The summed E-state index contributed by atoms with van der Waals surface area (Å²) in [5.41, 5.74) is -0.872. The third kappa shape index (κ3) is 4.37. The minimum Gasteiger partial charge on any atom is -0.385 e. The zero-order chi connectivity index (χ0) is 17.8. The van der Waals surface area contributed by atoms with E-state index in [-0.39, 0.29) is 13.2 Å². The molecule has 0 amide bonds. The number of nitrogens with zero attached hydrogens (tertiary/aromatic N) is 2. The van der Waals surface area contributed by atoms with E-state index < -0.39 is 25.6 Å². The van der Waals surface area contributed by atoms with Gasteiger partial charge in [0.25, 0.3) is 0 Å². The lowest BCUT2D eigenvalue weighted by atomic mass is 10.3. The van der Waals surface area contributed by atoms with E-state index in [1.54, 1.807) is 32.0 Å². The zero-order valence-corrected chi connectivity index (χ0v) is 13.9. The van der Waals surface area contributed by atoms with Gasteiger partial charge >= 0.3 is 14.0 Å². The monoisotopic (exact) mass is 364 g/mol. The molecule has 0 aliphatic carbocycles. The molecule has 24 heavy (non-hydrogen) atoms. The Bertz CT molecular complexity index is 709. The highest BCUT2D eigenvalue weighted by Crippen LogP contribution is 2.50. The van der Waals surface area contributed by atoms with E-state index in [4.69, 9.17) is 13.6 Å². The van der Waals surface area contributed by atoms with E-state index >= 15 is 0 Å². The number of hydrogen-bond acceptors (Lipinski definition) is 5. The van der Waals surface area contributed by atoms with Crippen LogP contribution in [0.15, 0.2) is 36.4 Å². The zero-order valence-electron chi connectivity index (χ0n) is 13.0. The minimum absolute atomic E-state index is 0.00286. The molecule has 2 rings (SSSR count). The van der Waals surface area contributed by atoms with Crippen LogP contribution in [-0.4, -0.2) is 23.0 Å². The summed E-state index contributed by atoms with van der Waals surface area (Å²) >= 11 is 0. The summed E-state index contributed by atoms with van der Waals surface area (Å²) in [6.45, 7) is 3.13. The first-order valence-electron chi connectivity index (χ1n) is 7.10. The fourth-order valence-corrected chi connectivity index (χ4v) is 3.01. The van der Waals surface area contributed by atoms with Crippen LogP contribution in [0.3, 0.4) is 0 Å². The number of hydrogen-bond donors (Lipinski definition) is 0. The standard InChI is InChI=1S/C14H16F3N2O4P/c1-3-21-24(20,22-4-2)23-13-10-12(14(15,16)17)18-19(13)11-8-6-5-7-9-11/h5-10H,3-4H2,1-2H3. The molecule has 0 saturated heterocycles. The Morgan fingerprint density at radius 3 is 2.21 bits per heavy atom. The Balaban J connectivity index is 2.47. The smallest absolute Gasteiger partial charge is 0.385 e. The molecule has 2 aromatic rings. The largest absolute Gasteiger partial charge is 0.531 e. The summed E-state index contributed by atoms with van der Waals surface area (Å²) in [6.07, 6.45) is -4.68. The Kier molecular flexibility index (Phi) is 5.69. The van der Waals surface area contributed by atoms with Gasteiger partial charge in [-0.3, -0.25) is 9.05 Å². The van der Waals surface area contributed by atoms with E-state index in [0.717, 1.165) is 4.68 Å². The number of para-hydroxylation sites is 1. The van der Waals surface area contributed by atoms with Crippen LogP contribution >= 0.6 is 7.82 Å². The van der Waals surface area contributed by atoms with Crippen molar-refractivity contribution >= 4 is 7.82 Å². The average molecular weight is 364 g/mol. The highest BCUT2D eigenvalue weighted by molar-refractivity contribution is 7.48. The molecule has 0 bridgehead atoms. The molecule has 0 atom stereocenters. The van der Waals surface area contributed by atoms with Crippen molar-refractivity contribution < 1.29 is 31.3 Å². The maximum atomic E-state index is 13.0. The molecular weight excluding hydrogens is 348 g/mol. The summed E-state index contributed by atoms with van der Waals surface area (Å²) in [6, 6.07) is 8.66. The molecule has 0 radical (unpaired) electrons. The molecule has 0 unspecified atom stereocenters. The molecule has 132 valence electrons. The molecule has 0 saturated carbocycles. The Hall–Kier alpha value is -1.83. The van der Waals surface area contributed by atoms with Crippen LogP contribution in [-0.2, 0) is 19.8 Å². The van der Waals surface area contributed by atoms with Crippen molar-refractivity contribution in [2.45, 2.75) is 20.0 Å². The van der Waals surface area contributed by atoms with Crippen molar-refractivity contribution in [2.75, 3.05) is 13.2 Å². The molecule has 1 heterocycles. The Morgan fingerprint density at radius 2 is 1.71 bits per heavy atom. The number of halogens is 3. The predicted octanol–water partition coefficient (Wildman–Crippen LogP) is 4.45. The Morgan fingerprint density at radius 1 is 1.12 bits per heavy atom. The topological polar surface area (TPSA) is 62.6 Å².